The zero-order valence-electron chi connectivity index (χ0n) is 15.0. The van der Waals surface area contributed by atoms with Gasteiger partial charge in [-0.1, -0.05) is 36.4 Å². The molecule has 5 aromatic rings. The molecule has 0 fully saturated rings. The van der Waals surface area contributed by atoms with Crippen molar-refractivity contribution >= 4 is 27.3 Å². The largest absolute Gasteiger partial charge is 0.422 e. The summed E-state index contributed by atoms with van der Waals surface area (Å²) in [6, 6.07) is 15.5. The molecule has 3 heterocycles. The molecule has 0 saturated carbocycles. The Kier molecular flexibility index (Phi) is 4.24. The van der Waals surface area contributed by atoms with Crippen LogP contribution >= 0.6 is 11.3 Å². The number of halogens is 2. The predicted molar refractivity (Wildman–Crippen MR) is 109 cm³/mol. The van der Waals surface area contributed by atoms with Gasteiger partial charge >= 0.3 is 5.63 Å². The third-order valence-corrected chi connectivity index (χ3v) is 5.70. The highest BCUT2D eigenvalue weighted by atomic mass is 32.1. The second-order valence-corrected chi connectivity index (χ2v) is 7.81. The van der Waals surface area contributed by atoms with Gasteiger partial charge in [0.1, 0.15) is 5.58 Å². The second-order valence-electron chi connectivity index (χ2n) is 6.72. The van der Waals surface area contributed by atoms with Gasteiger partial charge in [-0.25, -0.2) is 18.6 Å². The van der Waals surface area contributed by atoms with Crippen LogP contribution < -0.4 is 5.63 Å². The first kappa shape index (κ1) is 17.8. The van der Waals surface area contributed by atoms with Crippen LogP contribution in [0.15, 0.2) is 76.2 Å². The fourth-order valence-corrected chi connectivity index (χ4v) is 4.33. The number of hydrogen-bond donors (Lipinski definition) is 0. The maximum Gasteiger partial charge on any atom is 0.345 e. The summed E-state index contributed by atoms with van der Waals surface area (Å²) >= 11 is 1.46. The first-order chi connectivity index (χ1) is 14.1. The molecule has 4 nitrogen and oxygen atoms in total. The van der Waals surface area contributed by atoms with Gasteiger partial charge in [0.15, 0.2) is 4.96 Å². The number of aromatic nitrogens is 2. The predicted octanol–water partition coefficient (Wildman–Crippen LogP) is 5.70. The quantitative estimate of drug-likeness (QED) is 0.359. The minimum absolute atomic E-state index is 0.0224. The number of rotatable bonds is 4. The molecule has 0 amide bonds. The lowest BCUT2D eigenvalue weighted by molar-refractivity contribution is 0.151. The summed E-state index contributed by atoms with van der Waals surface area (Å²) in [6.45, 7) is 0. The van der Waals surface area contributed by atoms with Crippen molar-refractivity contribution in [2.24, 2.45) is 0 Å². The van der Waals surface area contributed by atoms with Gasteiger partial charge in [-0.15, -0.1) is 11.3 Å². The van der Waals surface area contributed by atoms with E-state index in [2.05, 4.69) is 4.98 Å². The average Bonchev–Trinajstić information content (AvgIpc) is 3.26. The van der Waals surface area contributed by atoms with Gasteiger partial charge in [0.05, 0.1) is 11.3 Å². The summed E-state index contributed by atoms with van der Waals surface area (Å²) < 4.78 is 33.0. The van der Waals surface area contributed by atoms with Crippen molar-refractivity contribution in [3.63, 3.8) is 0 Å². The Morgan fingerprint density at radius 3 is 2.76 bits per heavy atom. The smallest absolute Gasteiger partial charge is 0.345 e. The molecule has 0 saturated heterocycles. The molecule has 0 radical (unpaired) electrons. The molecular formula is C22H14F2N2O2S. The van der Waals surface area contributed by atoms with Crippen molar-refractivity contribution in [1.82, 2.24) is 9.38 Å². The lowest BCUT2D eigenvalue weighted by Crippen LogP contribution is -2.02. The van der Waals surface area contributed by atoms with Crippen LogP contribution in [-0.4, -0.2) is 9.38 Å². The third kappa shape index (κ3) is 3.34. The number of imidazole rings is 1. The Bertz CT molecular complexity index is 1370. The Balaban J connectivity index is 1.47. The van der Waals surface area contributed by atoms with Crippen LogP contribution in [0.2, 0.25) is 0 Å². The van der Waals surface area contributed by atoms with Gasteiger partial charge in [-0.3, -0.25) is 4.40 Å². The van der Waals surface area contributed by atoms with E-state index in [9.17, 15) is 13.6 Å². The number of hydrogen-bond acceptors (Lipinski definition) is 4. The Morgan fingerprint density at radius 2 is 1.93 bits per heavy atom. The van der Waals surface area contributed by atoms with E-state index >= 15 is 0 Å². The maximum atomic E-state index is 12.9. The summed E-state index contributed by atoms with van der Waals surface area (Å²) in [5.41, 5.74) is 1.90. The van der Waals surface area contributed by atoms with Crippen molar-refractivity contribution in [1.29, 1.82) is 0 Å². The van der Waals surface area contributed by atoms with E-state index in [4.69, 9.17) is 4.42 Å². The molecule has 3 aromatic heterocycles. The summed E-state index contributed by atoms with van der Waals surface area (Å²) in [4.78, 5) is 18.6. The minimum atomic E-state index is -2.48. The lowest BCUT2D eigenvalue weighted by atomic mass is 10.1. The molecule has 0 atom stereocenters. The molecule has 0 bridgehead atoms. The van der Waals surface area contributed by atoms with E-state index in [0.717, 1.165) is 20.8 Å². The van der Waals surface area contributed by atoms with Crippen LogP contribution in [0.3, 0.4) is 0 Å². The monoisotopic (exact) mass is 408 g/mol. The minimum Gasteiger partial charge on any atom is -0.422 e. The highest BCUT2D eigenvalue weighted by Gasteiger charge is 2.14. The van der Waals surface area contributed by atoms with E-state index in [1.807, 2.05) is 34.9 Å². The van der Waals surface area contributed by atoms with Crippen molar-refractivity contribution in [3.8, 4) is 11.3 Å². The Labute approximate surface area is 167 Å². The molecule has 0 unspecified atom stereocenters. The van der Waals surface area contributed by atoms with Crippen LogP contribution in [0, 0.1) is 0 Å². The lowest BCUT2D eigenvalue weighted by Gasteiger charge is -2.03. The fourth-order valence-electron chi connectivity index (χ4n) is 3.34. The molecule has 29 heavy (non-hydrogen) atoms. The molecule has 2 aromatic carbocycles. The first-order valence-corrected chi connectivity index (χ1v) is 9.76. The molecule has 0 N–H and O–H groups in total. The summed E-state index contributed by atoms with van der Waals surface area (Å²) in [7, 11) is 0. The van der Waals surface area contributed by atoms with E-state index in [1.165, 1.54) is 23.5 Å². The van der Waals surface area contributed by atoms with Crippen LogP contribution in [0.5, 0.6) is 0 Å². The van der Waals surface area contributed by atoms with E-state index in [-0.39, 0.29) is 5.56 Å². The summed E-state index contributed by atoms with van der Waals surface area (Å²) in [5.74, 6) is 0. The van der Waals surface area contributed by atoms with Crippen molar-refractivity contribution < 1.29 is 13.2 Å². The normalized spacial score (nSPS) is 11.7. The van der Waals surface area contributed by atoms with Crippen LogP contribution in [-0.2, 0) is 6.42 Å². The number of para-hydroxylation sites is 1. The fraction of sp³-hybridized carbons (Fsp3) is 0.0909. The molecule has 0 aliphatic heterocycles. The van der Waals surface area contributed by atoms with Gasteiger partial charge in [0.2, 0.25) is 0 Å². The van der Waals surface area contributed by atoms with Crippen LogP contribution in [0.25, 0.3) is 27.2 Å². The number of thiazole rings is 1. The molecule has 144 valence electrons. The molecular weight excluding hydrogens is 394 g/mol. The van der Waals surface area contributed by atoms with E-state index in [0.29, 0.717) is 23.3 Å². The number of fused-ring (bicyclic) bond motifs is 2. The van der Waals surface area contributed by atoms with Crippen molar-refractivity contribution in [2.45, 2.75) is 12.8 Å². The zero-order valence-corrected chi connectivity index (χ0v) is 15.8. The highest BCUT2D eigenvalue weighted by molar-refractivity contribution is 7.17. The van der Waals surface area contributed by atoms with Gasteiger partial charge in [-0.05, 0) is 23.8 Å². The van der Waals surface area contributed by atoms with Crippen molar-refractivity contribution in [2.75, 3.05) is 0 Å². The average molecular weight is 408 g/mol. The van der Waals surface area contributed by atoms with Gasteiger partial charge in [-0.2, -0.15) is 0 Å². The molecule has 0 spiro atoms. The standard InChI is InChI=1S/C22H14F2N2O2S/c23-20(24)15-6-3-4-13(8-15)9-16-11-26-12-18(25-22(26)29-16)17-10-14-5-1-2-7-19(14)28-21(17)27/h1-8,10-12,20H,9H2. The topological polar surface area (TPSA) is 47.5 Å². The third-order valence-electron chi connectivity index (χ3n) is 4.70. The molecule has 5 rings (SSSR count). The van der Waals surface area contributed by atoms with Crippen LogP contribution in [0.4, 0.5) is 8.78 Å². The number of nitrogens with zero attached hydrogens (tertiary/aromatic N) is 2. The molecule has 0 aliphatic rings. The number of benzene rings is 2. The van der Waals surface area contributed by atoms with Crippen LogP contribution in [0.1, 0.15) is 22.4 Å². The zero-order chi connectivity index (χ0) is 20.0. The second kappa shape index (κ2) is 6.93. The van der Waals surface area contributed by atoms with Gasteiger partial charge in [0.25, 0.3) is 6.43 Å². The van der Waals surface area contributed by atoms with Crippen molar-refractivity contribution in [3.05, 3.63) is 93.4 Å². The summed E-state index contributed by atoms with van der Waals surface area (Å²) in [6.07, 6.45) is 1.76. The van der Waals surface area contributed by atoms with Gasteiger partial charge < -0.3 is 4.42 Å². The Hall–Kier alpha value is -3.32. The maximum absolute atomic E-state index is 12.9. The first-order valence-electron chi connectivity index (χ1n) is 8.94. The Morgan fingerprint density at radius 1 is 1.07 bits per heavy atom. The molecule has 7 heteroatoms. The summed E-state index contributed by atoms with van der Waals surface area (Å²) in [5, 5.41) is 0.832. The SMILES string of the molecule is O=c1oc2ccccc2cc1-c1cn2cc(Cc3cccc(C(F)F)c3)sc2n1. The van der Waals surface area contributed by atoms with Gasteiger partial charge in [0, 0.05) is 34.6 Å². The number of alkyl halides is 2. The van der Waals surface area contributed by atoms with E-state index < -0.39 is 12.1 Å². The highest BCUT2D eigenvalue weighted by Crippen LogP contribution is 2.27. The molecule has 0 aliphatic carbocycles. The van der Waals surface area contributed by atoms with E-state index in [1.54, 1.807) is 24.4 Å².